The first-order valence-electron chi connectivity index (χ1n) is 50.0. The predicted molar refractivity (Wildman–Crippen MR) is 574 cm³/mol. The summed E-state index contributed by atoms with van der Waals surface area (Å²) in [6.45, 7) is 38.6. The Morgan fingerprint density at radius 1 is 0.229 bits per heavy atom. The fourth-order valence-corrected chi connectivity index (χ4v) is 22.8. The largest absolute Gasteiger partial charge is 0.493 e. The van der Waals surface area contributed by atoms with Crippen LogP contribution in [-0.2, 0) is 0 Å². The van der Waals surface area contributed by atoms with Crippen LogP contribution in [0.5, 0.6) is 11.5 Å². The number of ether oxygens (including phenoxy) is 2. The molecule has 17 aromatic carbocycles. The van der Waals surface area contributed by atoms with Gasteiger partial charge in [-0.15, -0.1) is 0 Å². The van der Waals surface area contributed by atoms with Crippen molar-refractivity contribution in [2.24, 2.45) is 0 Å². The third-order valence-corrected chi connectivity index (χ3v) is 29.7. The first-order chi connectivity index (χ1) is 67.4. The minimum atomic E-state index is -0.418. The second-order valence-corrected chi connectivity index (χ2v) is 41.1. The first kappa shape index (κ1) is 91.4. The summed E-state index contributed by atoms with van der Waals surface area (Å²) in [6.07, 6.45) is 11.7. The van der Waals surface area contributed by atoms with Gasteiger partial charge < -0.3 is 9.47 Å². The summed E-state index contributed by atoms with van der Waals surface area (Å²) >= 11 is 0. The van der Waals surface area contributed by atoms with Gasteiger partial charge in [-0.1, -0.05) is 319 Å². The van der Waals surface area contributed by atoms with Crippen molar-refractivity contribution in [2.75, 3.05) is 32.8 Å². The van der Waals surface area contributed by atoms with Crippen LogP contribution in [0.3, 0.4) is 0 Å². The zero-order valence-corrected chi connectivity index (χ0v) is 82.8. The lowest BCUT2D eigenvalue weighted by molar-refractivity contribution is 0.0877. The van der Waals surface area contributed by atoms with Crippen LogP contribution >= 0.6 is 0 Å². The molecule has 0 aromatic heterocycles. The molecule has 0 saturated heterocycles. The van der Waals surface area contributed by atoms with Crippen molar-refractivity contribution in [2.45, 2.75) is 198 Å². The Morgan fingerprint density at radius 2 is 0.457 bits per heavy atom. The highest BCUT2D eigenvalue weighted by atomic mass is 16.5. The van der Waals surface area contributed by atoms with Crippen LogP contribution in [0.1, 0.15) is 347 Å². The average molecular weight is 1840 g/mol. The molecule has 0 bridgehead atoms. The van der Waals surface area contributed by atoms with Gasteiger partial charge in [0.25, 0.3) is 47.3 Å². The second-order valence-electron chi connectivity index (χ2n) is 41.1. The molecule has 0 unspecified atom stereocenters. The molecule has 4 aliphatic heterocycles. The Hall–Kier alpha value is -15.0. The van der Waals surface area contributed by atoms with Gasteiger partial charge in [-0.25, -0.2) is 19.6 Å². The highest BCUT2D eigenvalue weighted by Crippen LogP contribution is 2.56. The molecule has 8 amide bonds. The Morgan fingerprint density at radius 3 is 0.700 bits per heavy atom. The number of hydrogen-bond donors (Lipinski definition) is 0. The molecule has 0 fully saturated rings. The fourth-order valence-electron chi connectivity index (χ4n) is 22.8. The normalized spacial score (nSPS) is 14.2. The third-order valence-electron chi connectivity index (χ3n) is 29.7. The van der Waals surface area contributed by atoms with Crippen molar-refractivity contribution >= 4 is 180 Å². The molecule has 4 aliphatic rings. The summed E-state index contributed by atoms with van der Waals surface area (Å²) < 4.78 is 13.6. The summed E-state index contributed by atoms with van der Waals surface area (Å²) in [7, 11) is 0. The third kappa shape index (κ3) is 14.2. The molecule has 4 heterocycles. The van der Waals surface area contributed by atoms with Crippen LogP contribution in [0.25, 0.3) is 133 Å². The van der Waals surface area contributed by atoms with Crippen molar-refractivity contribution in [1.29, 1.82) is 0 Å². The van der Waals surface area contributed by atoms with Gasteiger partial charge >= 0.3 is 0 Å². The molecule has 0 N–H and O–H groups in total. The van der Waals surface area contributed by atoms with Gasteiger partial charge in [0.15, 0.2) is 0 Å². The summed E-state index contributed by atoms with van der Waals surface area (Å²) in [5, 5.41) is 11.6. The molecule has 0 radical (unpaired) electrons. The molecule has 14 nitrogen and oxygen atoms in total. The van der Waals surface area contributed by atoms with Crippen molar-refractivity contribution in [3.05, 3.63) is 330 Å². The molecule has 698 valence electrons. The smallest absolute Gasteiger partial charge is 0.266 e. The van der Waals surface area contributed by atoms with Gasteiger partial charge in [0.05, 0.1) is 36.0 Å². The first-order valence-corrected chi connectivity index (χ1v) is 50.0. The van der Waals surface area contributed by atoms with E-state index in [0.29, 0.717) is 114 Å². The number of carbonyl (C=O) groups is 8. The molecular formula is C126H114N4O10. The number of imide groups is 4. The monoisotopic (exact) mass is 1840 g/mol. The maximum atomic E-state index is 16.1. The highest BCUT2D eigenvalue weighted by Gasteiger charge is 2.46. The standard InChI is InChI=1S/C126H114N4O10/c1-19-21-59-139-103-61-78(46-40-74-37-43-76(44-38-74)100-64-102-112-98(124(136)130(126(102)138)118-85(71(15)16)33-26-34-86(118)72(17)18)56-50-90-88-48-54-94-110-96(58-52-92(106(88)110)108(100)114(90)112)122(134)128(120(94)132)116-81(67(7)8)29-24-30-82(116)68(9)10)104(140-60-22-20-2)62-77(103)45-39-73-35-41-75(42-36-73)99-63-101-111-97(123(135)129(125(101)137)117-83(69(11)12)31-25-32-84(117)70(13)14)55-49-89-87-47-53-93-109-95(57-51-91(105(87)109)107(99)113(89)111)121(133)127(119(93)131)115-79(65(3)4)27-23-28-80(115)66(5)6/h23-58,61-72H,19-22,59-60H2,1-18H3/b45-39+,46-40+. The average Bonchev–Trinajstić information content (AvgIpc) is 0.681. The Balaban J connectivity index is 0.674. The lowest BCUT2D eigenvalue weighted by Crippen LogP contribution is -2.42. The topological polar surface area (TPSA) is 168 Å². The van der Waals surface area contributed by atoms with Crippen molar-refractivity contribution < 1.29 is 47.8 Å². The second kappa shape index (κ2) is 35.1. The van der Waals surface area contributed by atoms with Crippen LogP contribution in [-0.4, -0.2) is 60.5 Å². The number of benzene rings is 17. The Kier molecular flexibility index (Phi) is 22.9. The summed E-state index contributed by atoms with van der Waals surface area (Å²) in [5.74, 6) is -1.93. The Bertz CT molecular complexity index is 7650. The molecule has 140 heavy (non-hydrogen) atoms. The zero-order valence-electron chi connectivity index (χ0n) is 82.8. The van der Waals surface area contributed by atoms with Gasteiger partial charge in [-0.3, -0.25) is 38.4 Å². The molecule has 0 saturated carbocycles. The minimum Gasteiger partial charge on any atom is -0.493 e. The van der Waals surface area contributed by atoms with Crippen molar-refractivity contribution in [3.8, 4) is 33.8 Å². The molecule has 17 aromatic rings. The van der Waals surface area contributed by atoms with E-state index in [2.05, 4.69) is 210 Å². The van der Waals surface area contributed by atoms with E-state index in [1.807, 2.05) is 158 Å². The van der Waals surface area contributed by atoms with E-state index in [0.717, 1.165) is 179 Å². The maximum Gasteiger partial charge on any atom is 0.266 e. The van der Waals surface area contributed by atoms with Gasteiger partial charge in [0.1, 0.15) is 11.5 Å². The van der Waals surface area contributed by atoms with E-state index in [-0.39, 0.29) is 47.3 Å². The van der Waals surface area contributed by atoms with E-state index in [1.54, 1.807) is 0 Å². The summed E-state index contributed by atoms with van der Waals surface area (Å²) in [5.41, 5.74) is 19.4. The number of carbonyl (C=O) groups excluding carboxylic acids is 8. The lowest BCUT2D eigenvalue weighted by atomic mass is 9.79. The number of unbranched alkanes of at least 4 members (excludes halogenated alkanes) is 2. The predicted octanol–water partition coefficient (Wildman–Crippen LogP) is 32.0. The maximum absolute atomic E-state index is 16.1. The van der Waals surface area contributed by atoms with E-state index >= 15 is 38.4 Å². The van der Waals surface area contributed by atoms with Crippen molar-refractivity contribution in [3.63, 3.8) is 0 Å². The van der Waals surface area contributed by atoms with E-state index in [9.17, 15) is 0 Å². The number of hydrogen-bond acceptors (Lipinski definition) is 10. The van der Waals surface area contributed by atoms with Crippen LogP contribution in [0, 0.1) is 0 Å². The molecule has 21 rings (SSSR count). The Labute approximate surface area is 817 Å². The van der Waals surface area contributed by atoms with Crippen LogP contribution in [0.4, 0.5) is 22.7 Å². The molecule has 0 aliphatic carbocycles. The van der Waals surface area contributed by atoms with Crippen LogP contribution in [0.15, 0.2) is 218 Å². The summed E-state index contributed by atoms with van der Waals surface area (Å²) in [6, 6.07) is 71.9. The lowest BCUT2D eigenvalue weighted by Gasteiger charge is -2.34. The molecule has 14 heteroatoms. The molecule has 0 spiro atoms. The number of fused-ring (bicyclic) bond motifs is 4. The van der Waals surface area contributed by atoms with E-state index in [1.165, 1.54) is 19.6 Å². The zero-order chi connectivity index (χ0) is 98.0. The number of para-hydroxylation sites is 4. The van der Waals surface area contributed by atoms with Gasteiger partial charge in [0, 0.05) is 77.2 Å². The fraction of sp³-hybridized carbons (Fsp3) is 0.254. The molecule has 0 atom stereocenters. The highest BCUT2D eigenvalue weighted by molar-refractivity contribution is 6.49. The van der Waals surface area contributed by atoms with Gasteiger partial charge in [-0.2, -0.15) is 0 Å². The van der Waals surface area contributed by atoms with Gasteiger partial charge in [-0.05, 0) is 263 Å². The number of nitrogens with zero attached hydrogens (tertiary/aromatic N) is 4. The van der Waals surface area contributed by atoms with Crippen LogP contribution < -0.4 is 29.1 Å². The summed E-state index contributed by atoms with van der Waals surface area (Å²) in [4.78, 5) is 132. The van der Waals surface area contributed by atoms with E-state index in [4.69, 9.17) is 9.47 Å². The molecular weight excluding hydrogens is 1730 g/mol. The minimum absolute atomic E-state index is 0.0101. The number of anilines is 4. The number of amides is 8. The van der Waals surface area contributed by atoms with Crippen LogP contribution in [0.2, 0.25) is 0 Å². The SMILES string of the molecule is CCCCOc1cc(/C=C/c2ccc(-c3cc4c5c(ccc6c7ccc8c9c(ccc(c3c56)c97)C(=O)N(c3c(C(C)C)cccc3C(C)C)C8=O)C(=O)N(c3c(C(C)C)cccc3C(C)C)C4=O)cc2)c(OCCCC)cc1/C=C/c1ccc(-c2cc3c4c(ccc5c6ccc7c8c(ccc(c2c45)c86)C(=O)N(c2c(C(C)C)cccc2C(C)C)C7=O)C(=O)N(c2c(C(C)C)cccc2C(C)C)C3=O)cc1. The van der Waals surface area contributed by atoms with E-state index < -0.39 is 47.3 Å². The van der Waals surface area contributed by atoms with Crippen molar-refractivity contribution in [1.82, 2.24) is 0 Å². The van der Waals surface area contributed by atoms with Gasteiger partial charge in [0.2, 0.25) is 0 Å². The quantitative estimate of drug-likeness (QED) is 0.0167. The number of rotatable bonds is 26.